The molecule has 96 valence electrons. The molecular weight excluding hydrogens is 303 g/mol. The lowest BCUT2D eigenvalue weighted by Crippen LogP contribution is -2.10. The van der Waals surface area contributed by atoms with Crippen LogP contribution in [0.5, 0.6) is 0 Å². The van der Waals surface area contributed by atoms with Gasteiger partial charge in [0.25, 0.3) is 5.56 Å². The normalized spacial score (nSPS) is 11.1. The van der Waals surface area contributed by atoms with E-state index in [1.807, 2.05) is 17.5 Å². The van der Waals surface area contributed by atoms with Crippen LogP contribution < -0.4 is 5.56 Å². The van der Waals surface area contributed by atoms with Crippen molar-refractivity contribution in [1.29, 1.82) is 0 Å². The van der Waals surface area contributed by atoms with Gasteiger partial charge in [-0.05, 0) is 29.1 Å². The van der Waals surface area contributed by atoms with Crippen LogP contribution in [0.4, 0.5) is 0 Å². The highest BCUT2D eigenvalue weighted by molar-refractivity contribution is 7.17. The molecule has 2 aromatic heterocycles. The van der Waals surface area contributed by atoms with Gasteiger partial charge in [-0.25, -0.2) is 4.98 Å². The average Bonchev–Trinajstić information content (AvgIpc) is 2.82. The first-order chi connectivity index (χ1) is 9.13. The van der Waals surface area contributed by atoms with E-state index < -0.39 is 0 Å². The van der Waals surface area contributed by atoms with Gasteiger partial charge in [0.15, 0.2) is 0 Å². The van der Waals surface area contributed by atoms with Crippen molar-refractivity contribution in [3.63, 3.8) is 0 Å². The molecule has 0 radical (unpaired) electrons. The minimum atomic E-state index is -0.102. The van der Waals surface area contributed by atoms with Crippen LogP contribution in [0.2, 0.25) is 10.0 Å². The van der Waals surface area contributed by atoms with Crippen LogP contribution in [0.15, 0.2) is 34.4 Å². The molecule has 3 aromatic rings. The van der Waals surface area contributed by atoms with Gasteiger partial charge in [0.2, 0.25) is 0 Å². The first-order valence-corrected chi connectivity index (χ1v) is 7.17. The van der Waals surface area contributed by atoms with Crippen molar-refractivity contribution in [3.8, 4) is 0 Å². The summed E-state index contributed by atoms with van der Waals surface area (Å²) in [6, 6.07) is 7.22. The summed E-state index contributed by atoms with van der Waals surface area (Å²) in [5, 5.41) is 2.87. The number of fused-ring (bicyclic) bond motifs is 1. The van der Waals surface area contributed by atoms with E-state index in [9.17, 15) is 4.79 Å². The summed E-state index contributed by atoms with van der Waals surface area (Å²) in [6.45, 7) is 0. The van der Waals surface area contributed by atoms with Gasteiger partial charge in [0.1, 0.15) is 10.5 Å². The molecule has 0 spiro atoms. The Morgan fingerprint density at radius 1 is 1.21 bits per heavy atom. The number of hydrogen-bond acceptors (Lipinski definition) is 3. The third-order valence-corrected chi connectivity index (χ3v) is 4.36. The molecule has 2 heterocycles. The lowest BCUT2D eigenvalue weighted by atomic mass is 10.1. The Labute approximate surface area is 122 Å². The van der Waals surface area contributed by atoms with Gasteiger partial charge in [-0.2, -0.15) is 0 Å². The predicted molar refractivity (Wildman–Crippen MR) is 79.5 cm³/mol. The summed E-state index contributed by atoms with van der Waals surface area (Å²) >= 11 is 13.2. The lowest BCUT2D eigenvalue weighted by Gasteiger charge is -2.03. The van der Waals surface area contributed by atoms with Crippen LogP contribution >= 0.6 is 34.5 Å². The van der Waals surface area contributed by atoms with E-state index in [4.69, 9.17) is 23.2 Å². The van der Waals surface area contributed by atoms with Crippen LogP contribution in [-0.2, 0) is 6.42 Å². The van der Waals surface area contributed by atoms with E-state index in [-0.39, 0.29) is 5.56 Å². The summed E-state index contributed by atoms with van der Waals surface area (Å²) in [5.41, 5.74) is 1.58. The second kappa shape index (κ2) is 4.96. The summed E-state index contributed by atoms with van der Waals surface area (Å²) in [4.78, 5) is 19.0. The zero-order valence-electron chi connectivity index (χ0n) is 9.61. The summed E-state index contributed by atoms with van der Waals surface area (Å²) in [7, 11) is 0. The van der Waals surface area contributed by atoms with Crippen molar-refractivity contribution < 1.29 is 0 Å². The second-order valence-electron chi connectivity index (χ2n) is 4.07. The van der Waals surface area contributed by atoms with E-state index in [1.165, 1.54) is 11.3 Å². The summed E-state index contributed by atoms with van der Waals surface area (Å²) < 4.78 is 0.651. The second-order valence-corrected chi connectivity index (χ2v) is 5.80. The molecule has 3 rings (SSSR count). The number of thiophene rings is 1. The smallest absolute Gasteiger partial charge is 0.268 e. The molecule has 6 heteroatoms. The van der Waals surface area contributed by atoms with Crippen LogP contribution in [0.3, 0.4) is 0 Å². The topological polar surface area (TPSA) is 45.8 Å². The molecule has 0 saturated heterocycles. The van der Waals surface area contributed by atoms with E-state index in [1.54, 1.807) is 12.1 Å². The minimum Gasteiger partial charge on any atom is -0.309 e. The Morgan fingerprint density at radius 3 is 2.84 bits per heavy atom. The molecule has 0 bridgehead atoms. The Hall–Kier alpha value is -1.36. The third kappa shape index (κ3) is 2.52. The number of H-pyrrole nitrogens is 1. The molecule has 0 unspecified atom stereocenters. The number of aromatic nitrogens is 2. The van der Waals surface area contributed by atoms with Gasteiger partial charge in [-0.15, -0.1) is 11.3 Å². The van der Waals surface area contributed by atoms with E-state index >= 15 is 0 Å². The standard InChI is InChI=1S/C13H8Cl2N2OS/c14-8-2-1-7(5-9(8)15)6-11-16-10-3-4-19-12(10)13(18)17-11/h1-5H,6H2,(H,16,17,18). The molecule has 0 saturated carbocycles. The van der Waals surface area contributed by atoms with Crippen LogP contribution in [-0.4, -0.2) is 9.97 Å². The molecule has 0 amide bonds. The van der Waals surface area contributed by atoms with Crippen molar-refractivity contribution in [3.05, 3.63) is 61.4 Å². The number of benzene rings is 1. The molecule has 0 aliphatic rings. The lowest BCUT2D eigenvalue weighted by molar-refractivity contribution is 0.976. The first-order valence-electron chi connectivity index (χ1n) is 5.54. The summed E-state index contributed by atoms with van der Waals surface area (Å²) in [6.07, 6.45) is 0.512. The van der Waals surface area contributed by atoms with Crippen molar-refractivity contribution in [2.45, 2.75) is 6.42 Å². The Kier molecular flexibility index (Phi) is 3.31. The van der Waals surface area contributed by atoms with Gasteiger partial charge in [-0.3, -0.25) is 4.79 Å². The number of nitrogens with one attached hydrogen (secondary N) is 1. The Balaban J connectivity index is 2.00. The largest absolute Gasteiger partial charge is 0.309 e. The number of halogens is 2. The van der Waals surface area contributed by atoms with E-state index in [2.05, 4.69) is 9.97 Å². The van der Waals surface area contributed by atoms with Crippen molar-refractivity contribution in [2.75, 3.05) is 0 Å². The molecule has 1 N–H and O–H groups in total. The van der Waals surface area contributed by atoms with Crippen molar-refractivity contribution in [2.24, 2.45) is 0 Å². The zero-order chi connectivity index (χ0) is 13.4. The van der Waals surface area contributed by atoms with Gasteiger partial charge >= 0.3 is 0 Å². The maximum atomic E-state index is 11.8. The monoisotopic (exact) mass is 310 g/mol. The average molecular weight is 311 g/mol. The first kappa shape index (κ1) is 12.7. The quantitative estimate of drug-likeness (QED) is 0.780. The highest BCUT2D eigenvalue weighted by Gasteiger charge is 2.07. The fourth-order valence-electron chi connectivity index (χ4n) is 1.85. The molecule has 19 heavy (non-hydrogen) atoms. The van der Waals surface area contributed by atoms with E-state index in [0.717, 1.165) is 11.1 Å². The Morgan fingerprint density at radius 2 is 2.05 bits per heavy atom. The van der Waals surface area contributed by atoms with Crippen LogP contribution in [0.25, 0.3) is 10.2 Å². The highest BCUT2D eigenvalue weighted by Crippen LogP contribution is 2.23. The molecule has 0 fully saturated rings. The third-order valence-electron chi connectivity index (χ3n) is 2.72. The van der Waals surface area contributed by atoms with Crippen molar-refractivity contribution in [1.82, 2.24) is 9.97 Å². The minimum absolute atomic E-state index is 0.102. The molecule has 0 aliphatic carbocycles. The highest BCUT2D eigenvalue weighted by atomic mass is 35.5. The number of rotatable bonds is 2. The zero-order valence-corrected chi connectivity index (χ0v) is 11.9. The molecule has 3 nitrogen and oxygen atoms in total. The van der Waals surface area contributed by atoms with Crippen LogP contribution in [0, 0.1) is 0 Å². The molecule has 1 aromatic carbocycles. The number of hydrogen-bond donors (Lipinski definition) is 1. The Bertz CT molecular complexity index is 810. The predicted octanol–water partition coefficient (Wildman–Crippen LogP) is 3.88. The molecule has 0 aliphatic heterocycles. The maximum absolute atomic E-state index is 11.8. The van der Waals surface area contributed by atoms with Gasteiger partial charge in [-0.1, -0.05) is 29.3 Å². The summed E-state index contributed by atoms with van der Waals surface area (Å²) in [5.74, 6) is 0.620. The SMILES string of the molecule is O=c1[nH]c(Cc2ccc(Cl)c(Cl)c2)nc2ccsc12. The number of nitrogens with zero attached hydrogens (tertiary/aromatic N) is 1. The fourth-order valence-corrected chi connectivity index (χ4v) is 2.89. The molecular formula is C13H8Cl2N2OS. The van der Waals surface area contributed by atoms with Gasteiger partial charge in [0.05, 0.1) is 15.6 Å². The van der Waals surface area contributed by atoms with E-state index in [0.29, 0.717) is 27.0 Å². The van der Waals surface area contributed by atoms with Gasteiger partial charge < -0.3 is 4.98 Å². The van der Waals surface area contributed by atoms with Gasteiger partial charge in [0, 0.05) is 6.42 Å². The van der Waals surface area contributed by atoms with Crippen LogP contribution in [0.1, 0.15) is 11.4 Å². The molecule has 0 atom stereocenters. The number of aromatic amines is 1. The fraction of sp³-hybridized carbons (Fsp3) is 0.0769. The maximum Gasteiger partial charge on any atom is 0.268 e. The van der Waals surface area contributed by atoms with Crippen molar-refractivity contribution >= 4 is 44.8 Å².